The van der Waals surface area contributed by atoms with E-state index in [0.29, 0.717) is 24.5 Å². The second kappa shape index (κ2) is 17.2. The number of carbonyl (C=O) groups excluding carboxylic acids is 1. The molecule has 0 unspecified atom stereocenters. The lowest BCUT2D eigenvalue weighted by atomic mass is 9.95. The number of rotatable bonds is 11. The monoisotopic (exact) mass is 605 g/mol. The smallest absolute Gasteiger partial charge is 0.319 e. The molecule has 0 saturated heterocycles. The van der Waals surface area contributed by atoms with Crippen molar-refractivity contribution < 1.29 is 4.79 Å². The van der Waals surface area contributed by atoms with E-state index in [-0.39, 0.29) is 28.5 Å². The highest BCUT2D eigenvalue weighted by molar-refractivity contribution is 5.89. The number of aliphatic imine (C=N–C) groups is 1. The summed E-state index contributed by atoms with van der Waals surface area (Å²) in [5, 5.41) is 9.03. The first kappa shape index (κ1) is 36.0. The maximum Gasteiger partial charge on any atom is 0.319 e. The molecule has 240 valence electrons. The highest BCUT2D eigenvalue weighted by atomic mass is 16.2. The van der Waals surface area contributed by atoms with Gasteiger partial charge in [0.25, 0.3) is 5.56 Å². The molecule has 0 bridgehead atoms. The maximum absolute atomic E-state index is 12.4. The molecule has 11 heteroatoms. The standard InChI is InChI=1S/C19H28N6O.C14H23N3O/c1-19(2,3)17-24-12-15(16(26)25-17)14-7-5-13(6-8-14)11-22-9-4-10-23-18(20)21;1-14(2,3)17-13(18)16-12-8-4-6-11(10-12)7-5-9-15/h5-8,12,22H,4,9-11H2,1-3H3,(H4,20,21,23)(H,24,25,26);4,6,8,10H,5,7,9,15H2,1-3H3,(H2,16,17,18). The number of benzene rings is 2. The van der Waals surface area contributed by atoms with Crippen molar-refractivity contribution in [2.75, 3.05) is 25.0 Å². The lowest BCUT2D eigenvalue weighted by Crippen LogP contribution is -2.43. The van der Waals surface area contributed by atoms with Gasteiger partial charge in [-0.1, -0.05) is 57.2 Å². The van der Waals surface area contributed by atoms with E-state index in [0.717, 1.165) is 49.2 Å². The summed E-state index contributed by atoms with van der Waals surface area (Å²) in [6, 6.07) is 15.6. The van der Waals surface area contributed by atoms with Gasteiger partial charge in [0.15, 0.2) is 5.96 Å². The fourth-order valence-corrected chi connectivity index (χ4v) is 4.04. The molecule has 0 radical (unpaired) electrons. The van der Waals surface area contributed by atoms with Crippen molar-refractivity contribution in [1.29, 1.82) is 0 Å². The van der Waals surface area contributed by atoms with Crippen LogP contribution in [0, 0.1) is 0 Å². The number of anilines is 1. The third-order valence-corrected chi connectivity index (χ3v) is 6.25. The number of urea groups is 1. The number of guanidine groups is 1. The summed E-state index contributed by atoms with van der Waals surface area (Å²) in [6.45, 7) is 14.8. The SMILES string of the molecule is CC(C)(C)NC(=O)Nc1cccc(CCCN)c1.CC(C)(C)c1ncc(-c2ccc(CNCCCN=C(N)N)cc2)c(=O)[nH]1. The lowest BCUT2D eigenvalue weighted by Gasteiger charge is -2.20. The first-order chi connectivity index (χ1) is 20.7. The van der Waals surface area contributed by atoms with Crippen LogP contribution >= 0.6 is 0 Å². The zero-order valence-corrected chi connectivity index (χ0v) is 27.1. The van der Waals surface area contributed by atoms with E-state index in [2.05, 4.69) is 30.9 Å². The highest BCUT2D eigenvalue weighted by Gasteiger charge is 2.17. The number of aromatic nitrogens is 2. The second-order valence-electron chi connectivity index (χ2n) is 12.7. The van der Waals surface area contributed by atoms with Crippen LogP contribution in [0.25, 0.3) is 11.1 Å². The van der Waals surface area contributed by atoms with Gasteiger partial charge in [0.2, 0.25) is 0 Å². The van der Waals surface area contributed by atoms with Crippen molar-refractivity contribution in [3.63, 3.8) is 0 Å². The molecule has 0 aliphatic carbocycles. The minimum absolute atomic E-state index is 0.115. The number of carbonyl (C=O) groups is 1. The molecule has 0 spiro atoms. The molecule has 44 heavy (non-hydrogen) atoms. The Balaban J connectivity index is 0.000000329. The average molecular weight is 606 g/mol. The molecule has 1 aromatic heterocycles. The molecule has 11 nitrogen and oxygen atoms in total. The molecule has 0 aliphatic heterocycles. The quantitative estimate of drug-likeness (QED) is 0.0977. The van der Waals surface area contributed by atoms with Crippen LogP contribution in [0.1, 0.15) is 71.3 Å². The van der Waals surface area contributed by atoms with E-state index in [4.69, 9.17) is 17.2 Å². The van der Waals surface area contributed by atoms with Gasteiger partial charge >= 0.3 is 6.03 Å². The number of aromatic amines is 1. The summed E-state index contributed by atoms with van der Waals surface area (Å²) in [6.07, 6.45) is 4.41. The summed E-state index contributed by atoms with van der Waals surface area (Å²) >= 11 is 0. The number of aryl methyl sites for hydroxylation is 1. The van der Waals surface area contributed by atoms with Gasteiger partial charge < -0.3 is 38.1 Å². The highest BCUT2D eigenvalue weighted by Crippen LogP contribution is 2.19. The second-order valence-corrected chi connectivity index (χ2v) is 12.7. The van der Waals surface area contributed by atoms with Gasteiger partial charge in [0.05, 0.1) is 5.56 Å². The largest absolute Gasteiger partial charge is 0.370 e. The summed E-state index contributed by atoms with van der Waals surface area (Å²) < 4.78 is 0. The molecule has 0 fully saturated rings. The molecule has 1 heterocycles. The summed E-state index contributed by atoms with van der Waals surface area (Å²) in [4.78, 5) is 35.3. The number of amides is 2. The average Bonchev–Trinajstić information content (AvgIpc) is 2.93. The van der Waals surface area contributed by atoms with Crippen LogP contribution in [0.3, 0.4) is 0 Å². The third kappa shape index (κ3) is 13.8. The van der Waals surface area contributed by atoms with Crippen molar-refractivity contribution in [3.05, 3.63) is 82.0 Å². The van der Waals surface area contributed by atoms with Crippen LogP contribution in [0.15, 0.2) is 64.5 Å². The number of nitrogens with two attached hydrogens (primary N) is 3. The van der Waals surface area contributed by atoms with Crippen LogP contribution in [-0.4, -0.2) is 47.1 Å². The summed E-state index contributed by atoms with van der Waals surface area (Å²) in [5.41, 5.74) is 20.1. The Morgan fingerprint density at radius 2 is 1.68 bits per heavy atom. The van der Waals surface area contributed by atoms with E-state index >= 15 is 0 Å². The van der Waals surface area contributed by atoms with Gasteiger partial charge in [-0.3, -0.25) is 9.79 Å². The first-order valence-corrected chi connectivity index (χ1v) is 15.0. The summed E-state index contributed by atoms with van der Waals surface area (Å²) in [5.74, 6) is 0.813. The topological polar surface area (TPSA) is 189 Å². The Labute approximate surface area is 261 Å². The zero-order valence-electron chi connectivity index (χ0n) is 27.1. The van der Waals surface area contributed by atoms with Crippen molar-refractivity contribution in [3.8, 4) is 11.1 Å². The van der Waals surface area contributed by atoms with Crippen LogP contribution in [0.5, 0.6) is 0 Å². The number of nitrogens with zero attached hydrogens (tertiary/aromatic N) is 2. The van der Waals surface area contributed by atoms with E-state index < -0.39 is 0 Å². The molecule has 0 atom stereocenters. The van der Waals surface area contributed by atoms with Crippen molar-refractivity contribution in [2.45, 2.75) is 78.3 Å². The Kier molecular flexibility index (Phi) is 14.0. The molecule has 2 amide bonds. The zero-order chi connectivity index (χ0) is 32.8. The van der Waals surface area contributed by atoms with Crippen LogP contribution < -0.4 is 38.7 Å². The maximum atomic E-state index is 12.4. The Hall–Kier alpha value is -4.22. The summed E-state index contributed by atoms with van der Waals surface area (Å²) in [7, 11) is 0. The molecule has 3 rings (SSSR count). The number of H-pyrrole nitrogens is 1. The van der Waals surface area contributed by atoms with Gasteiger partial charge in [0.1, 0.15) is 5.82 Å². The molecular formula is C33H51N9O2. The first-order valence-electron chi connectivity index (χ1n) is 15.0. The Morgan fingerprint density at radius 3 is 2.27 bits per heavy atom. The number of hydrogen-bond donors (Lipinski definition) is 7. The minimum atomic E-state index is -0.235. The predicted molar refractivity (Wildman–Crippen MR) is 182 cm³/mol. The van der Waals surface area contributed by atoms with Crippen LogP contribution in [-0.2, 0) is 18.4 Å². The predicted octanol–water partition coefficient (Wildman–Crippen LogP) is 3.99. The molecule has 10 N–H and O–H groups in total. The van der Waals surface area contributed by atoms with Gasteiger partial charge in [-0.2, -0.15) is 0 Å². The fraction of sp³-hybridized carbons (Fsp3) is 0.455. The van der Waals surface area contributed by atoms with E-state index in [9.17, 15) is 9.59 Å². The van der Waals surface area contributed by atoms with E-state index in [1.165, 1.54) is 5.56 Å². The molecule has 3 aromatic rings. The normalized spacial score (nSPS) is 11.2. The minimum Gasteiger partial charge on any atom is -0.370 e. The molecule has 2 aromatic carbocycles. The molecular weight excluding hydrogens is 554 g/mol. The molecule has 0 aliphatic rings. The van der Waals surface area contributed by atoms with Gasteiger partial charge in [0, 0.05) is 35.9 Å². The van der Waals surface area contributed by atoms with Gasteiger partial charge in [-0.05, 0) is 81.9 Å². The van der Waals surface area contributed by atoms with E-state index in [1.807, 2.05) is 90.1 Å². The van der Waals surface area contributed by atoms with E-state index in [1.54, 1.807) is 6.20 Å². The van der Waals surface area contributed by atoms with Crippen LogP contribution in [0.2, 0.25) is 0 Å². The van der Waals surface area contributed by atoms with Crippen molar-refractivity contribution >= 4 is 17.7 Å². The Morgan fingerprint density at radius 1 is 0.977 bits per heavy atom. The van der Waals surface area contributed by atoms with Crippen LogP contribution in [0.4, 0.5) is 10.5 Å². The fourth-order valence-electron chi connectivity index (χ4n) is 4.04. The van der Waals surface area contributed by atoms with Gasteiger partial charge in [-0.25, -0.2) is 9.78 Å². The van der Waals surface area contributed by atoms with Crippen molar-refractivity contribution in [1.82, 2.24) is 20.6 Å². The lowest BCUT2D eigenvalue weighted by molar-refractivity contribution is 0.244. The number of hydrogen-bond acceptors (Lipinski definition) is 6. The third-order valence-electron chi connectivity index (χ3n) is 6.25. The number of nitrogens with one attached hydrogen (secondary N) is 4. The Bertz CT molecular complexity index is 1400. The van der Waals surface area contributed by atoms with Crippen molar-refractivity contribution in [2.24, 2.45) is 22.2 Å². The van der Waals surface area contributed by atoms with Gasteiger partial charge in [-0.15, -0.1) is 0 Å². The molecule has 0 saturated carbocycles.